The molecule has 21 heavy (non-hydrogen) atoms. The Kier molecular flexibility index (Phi) is 4.88. The molecule has 0 aromatic heterocycles. The lowest BCUT2D eigenvalue weighted by Gasteiger charge is -2.45. The predicted molar refractivity (Wildman–Crippen MR) is 75.7 cm³/mol. The van der Waals surface area contributed by atoms with Crippen molar-refractivity contribution in [2.24, 2.45) is 11.3 Å². The number of nitrogens with one attached hydrogen (secondary N) is 1. The highest BCUT2D eigenvalue weighted by Gasteiger charge is 2.46. The Morgan fingerprint density at radius 3 is 2.62 bits per heavy atom. The zero-order valence-corrected chi connectivity index (χ0v) is 12.6. The van der Waals surface area contributed by atoms with Crippen molar-refractivity contribution in [3.8, 4) is 0 Å². The molecule has 1 spiro atoms. The Morgan fingerprint density at radius 2 is 2.00 bits per heavy atom. The molecule has 0 bridgehead atoms. The van der Waals surface area contributed by atoms with Gasteiger partial charge in [-0.3, -0.25) is 4.79 Å². The molecule has 0 aromatic rings. The molecule has 1 heterocycles. The van der Waals surface area contributed by atoms with Gasteiger partial charge in [-0.15, -0.1) is 0 Å². The summed E-state index contributed by atoms with van der Waals surface area (Å²) < 4.78 is 5.60. The van der Waals surface area contributed by atoms with Crippen molar-refractivity contribution in [2.75, 3.05) is 19.8 Å². The second-order valence-electron chi connectivity index (χ2n) is 6.61. The average Bonchev–Trinajstić information content (AvgIpc) is 2.46. The van der Waals surface area contributed by atoms with Crippen LogP contribution in [0.1, 0.15) is 45.4 Å². The van der Waals surface area contributed by atoms with Gasteiger partial charge in [0.05, 0.1) is 13.2 Å². The lowest BCUT2D eigenvalue weighted by Crippen LogP contribution is -2.53. The highest BCUT2D eigenvalue weighted by atomic mass is 16.5. The first-order valence-corrected chi connectivity index (χ1v) is 7.69. The summed E-state index contributed by atoms with van der Waals surface area (Å²) in [7, 11) is 0. The molecule has 2 unspecified atom stereocenters. The lowest BCUT2D eigenvalue weighted by atomic mass is 9.64. The van der Waals surface area contributed by atoms with E-state index < -0.39 is 11.6 Å². The van der Waals surface area contributed by atoms with Crippen molar-refractivity contribution in [1.82, 2.24) is 5.32 Å². The minimum Gasteiger partial charge on any atom is -0.479 e. The highest BCUT2D eigenvalue weighted by molar-refractivity contribution is 5.82. The van der Waals surface area contributed by atoms with Gasteiger partial charge in [0.15, 0.2) is 5.60 Å². The van der Waals surface area contributed by atoms with Gasteiger partial charge in [-0.05, 0) is 26.2 Å². The summed E-state index contributed by atoms with van der Waals surface area (Å²) >= 11 is 0. The summed E-state index contributed by atoms with van der Waals surface area (Å²) in [5.41, 5.74) is -2.03. The maximum absolute atomic E-state index is 12.5. The van der Waals surface area contributed by atoms with Crippen LogP contribution >= 0.6 is 0 Å². The van der Waals surface area contributed by atoms with Gasteiger partial charge in [0.2, 0.25) is 5.91 Å². The number of rotatable bonds is 4. The van der Waals surface area contributed by atoms with E-state index in [0.717, 1.165) is 25.7 Å². The molecule has 3 N–H and O–H groups in total. The maximum atomic E-state index is 12.5. The Labute approximate surface area is 124 Å². The number of carbonyl (C=O) groups excluding carboxylic acids is 1. The third-order valence-electron chi connectivity index (χ3n) is 4.91. The monoisotopic (exact) mass is 299 g/mol. The third kappa shape index (κ3) is 3.55. The van der Waals surface area contributed by atoms with E-state index in [1.54, 1.807) is 0 Å². The van der Waals surface area contributed by atoms with Crippen LogP contribution in [-0.4, -0.2) is 47.4 Å². The summed E-state index contributed by atoms with van der Waals surface area (Å²) in [6.07, 6.45) is 6.06. The molecule has 6 heteroatoms. The molecule has 1 amide bonds. The first-order chi connectivity index (χ1) is 9.87. The summed E-state index contributed by atoms with van der Waals surface area (Å²) in [5, 5.41) is 21.2. The molecule has 1 aliphatic heterocycles. The Bertz CT molecular complexity index is 393. The Hall–Kier alpha value is -1.14. The summed E-state index contributed by atoms with van der Waals surface area (Å²) in [5.74, 6) is -1.62. The van der Waals surface area contributed by atoms with Gasteiger partial charge in [0.1, 0.15) is 0 Å². The molecule has 1 saturated carbocycles. The number of hydrogen-bond donors (Lipinski definition) is 3. The van der Waals surface area contributed by atoms with Crippen molar-refractivity contribution >= 4 is 11.9 Å². The van der Waals surface area contributed by atoms with E-state index in [4.69, 9.17) is 9.84 Å². The second kappa shape index (κ2) is 6.32. The number of aliphatic carboxylic acids is 1. The fourth-order valence-corrected chi connectivity index (χ4v) is 3.50. The van der Waals surface area contributed by atoms with E-state index in [1.807, 2.05) is 0 Å². The van der Waals surface area contributed by atoms with Crippen LogP contribution in [0.5, 0.6) is 0 Å². The first-order valence-electron chi connectivity index (χ1n) is 7.69. The van der Waals surface area contributed by atoms with E-state index >= 15 is 0 Å². The minimum atomic E-state index is -1.93. The van der Waals surface area contributed by atoms with Gasteiger partial charge in [0.25, 0.3) is 0 Å². The molecule has 1 aliphatic carbocycles. The normalized spacial score (nSPS) is 27.8. The van der Waals surface area contributed by atoms with E-state index in [1.165, 1.54) is 13.3 Å². The number of ether oxygens (including phenoxy) is 1. The number of carbonyl (C=O) groups is 2. The van der Waals surface area contributed by atoms with Crippen molar-refractivity contribution in [1.29, 1.82) is 0 Å². The van der Waals surface area contributed by atoms with Crippen molar-refractivity contribution < 1.29 is 24.5 Å². The predicted octanol–water partition coefficient (Wildman–Crippen LogP) is 0.925. The van der Waals surface area contributed by atoms with Crippen LogP contribution in [0, 0.1) is 11.3 Å². The molecule has 2 atom stereocenters. The fourth-order valence-electron chi connectivity index (χ4n) is 3.50. The van der Waals surface area contributed by atoms with Crippen molar-refractivity contribution in [3.05, 3.63) is 0 Å². The van der Waals surface area contributed by atoms with Gasteiger partial charge < -0.3 is 20.3 Å². The zero-order chi connectivity index (χ0) is 15.5. The lowest BCUT2D eigenvalue weighted by molar-refractivity contribution is -0.157. The van der Waals surface area contributed by atoms with Gasteiger partial charge in [-0.2, -0.15) is 0 Å². The largest absolute Gasteiger partial charge is 0.479 e. The first kappa shape index (κ1) is 16.2. The van der Waals surface area contributed by atoms with Crippen LogP contribution in [0.2, 0.25) is 0 Å². The molecular formula is C15H25NO5. The molecule has 1 saturated heterocycles. The fraction of sp³-hybridized carbons (Fsp3) is 0.867. The molecule has 6 nitrogen and oxygen atoms in total. The van der Waals surface area contributed by atoms with E-state index in [-0.39, 0.29) is 23.8 Å². The van der Waals surface area contributed by atoms with Crippen LogP contribution in [-0.2, 0) is 14.3 Å². The quantitative estimate of drug-likeness (QED) is 0.717. The molecule has 2 rings (SSSR count). The van der Waals surface area contributed by atoms with E-state index in [0.29, 0.717) is 19.6 Å². The number of carboxylic acid groups (broad SMARTS) is 1. The number of carboxylic acids is 1. The highest BCUT2D eigenvalue weighted by Crippen LogP contribution is 2.46. The topological polar surface area (TPSA) is 95.9 Å². The zero-order valence-electron chi connectivity index (χ0n) is 12.6. The molecule has 120 valence electrons. The second-order valence-corrected chi connectivity index (χ2v) is 6.61. The van der Waals surface area contributed by atoms with Crippen molar-refractivity contribution in [2.45, 2.75) is 51.0 Å². The van der Waals surface area contributed by atoms with Crippen molar-refractivity contribution in [3.63, 3.8) is 0 Å². The number of hydrogen-bond acceptors (Lipinski definition) is 4. The molecule has 0 radical (unpaired) electrons. The molecule has 2 aliphatic rings. The summed E-state index contributed by atoms with van der Waals surface area (Å²) in [4.78, 5) is 23.4. The standard InChI is InChI=1S/C15H25NO5/c1-14(20,13(18)19)9-16-12(17)11-5-8-21-10-15(11)6-3-2-4-7-15/h11,20H,2-10H2,1H3,(H,16,17)(H,18,19). The van der Waals surface area contributed by atoms with Gasteiger partial charge in [-0.1, -0.05) is 19.3 Å². The SMILES string of the molecule is CC(O)(CNC(=O)C1CCOCC12CCCCC2)C(=O)O. The van der Waals surface area contributed by atoms with Crippen LogP contribution in [0.15, 0.2) is 0 Å². The minimum absolute atomic E-state index is 0.102. The number of aliphatic hydroxyl groups is 1. The molecule has 2 fully saturated rings. The van der Waals surface area contributed by atoms with Crippen LogP contribution in [0.4, 0.5) is 0 Å². The van der Waals surface area contributed by atoms with E-state index in [9.17, 15) is 14.7 Å². The smallest absolute Gasteiger partial charge is 0.337 e. The van der Waals surface area contributed by atoms with Crippen LogP contribution < -0.4 is 5.32 Å². The van der Waals surface area contributed by atoms with Gasteiger partial charge in [0, 0.05) is 17.9 Å². The maximum Gasteiger partial charge on any atom is 0.337 e. The van der Waals surface area contributed by atoms with E-state index in [2.05, 4.69) is 5.32 Å². The third-order valence-corrected chi connectivity index (χ3v) is 4.91. The summed E-state index contributed by atoms with van der Waals surface area (Å²) in [6.45, 7) is 2.10. The van der Waals surface area contributed by atoms with Crippen LogP contribution in [0.3, 0.4) is 0 Å². The van der Waals surface area contributed by atoms with Gasteiger partial charge >= 0.3 is 5.97 Å². The average molecular weight is 299 g/mol. The number of amides is 1. The Morgan fingerprint density at radius 1 is 1.33 bits per heavy atom. The van der Waals surface area contributed by atoms with Crippen LogP contribution in [0.25, 0.3) is 0 Å². The molecule has 0 aromatic carbocycles. The van der Waals surface area contributed by atoms with Gasteiger partial charge in [-0.25, -0.2) is 4.79 Å². The molecular weight excluding hydrogens is 274 g/mol. The summed E-state index contributed by atoms with van der Waals surface area (Å²) in [6, 6.07) is 0. The Balaban J connectivity index is 2.00.